The number of nitro groups is 1. The molecule has 142 valence electrons. The number of halogens is 1. The highest BCUT2D eigenvalue weighted by Gasteiger charge is 2.23. The van der Waals surface area contributed by atoms with Crippen LogP contribution in [0.4, 0.5) is 11.4 Å². The molecule has 0 N–H and O–H groups in total. The van der Waals surface area contributed by atoms with Crippen LogP contribution >= 0.6 is 22.6 Å². The molecule has 1 amide bonds. The Balaban J connectivity index is 1.73. The number of hydrogen-bond acceptors (Lipinski definition) is 5. The van der Waals surface area contributed by atoms with Gasteiger partial charge in [0.2, 0.25) is 0 Å². The van der Waals surface area contributed by atoms with E-state index >= 15 is 0 Å². The number of amides is 1. The van der Waals surface area contributed by atoms with Gasteiger partial charge in [0.05, 0.1) is 17.6 Å². The van der Waals surface area contributed by atoms with Crippen molar-refractivity contribution >= 4 is 39.9 Å². The van der Waals surface area contributed by atoms with Gasteiger partial charge in [0.25, 0.3) is 11.6 Å². The van der Waals surface area contributed by atoms with Gasteiger partial charge >= 0.3 is 0 Å². The van der Waals surface area contributed by atoms with E-state index in [1.165, 1.54) is 12.1 Å². The molecule has 3 rings (SSSR count). The van der Waals surface area contributed by atoms with Gasteiger partial charge in [-0.1, -0.05) is 0 Å². The average molecular weight is 481 g/mol. The summed E-state index contributed by atoms with van der Waals surface area (Å²) in [6.45, 7) is 2.76. The Morgan fingerprint density at radius 2 is 1.85 bits per heavy atom. The van der Waals surface area contributed by atoms with Crippen LogP contribution in [0.1, 0.15) is 16.8 Å². The van der Waals surface area contributed by atoms with Crippen molar-refractivity contribution in [2.75, 3.05) is 38.2 Å². The molecule has 0 saturated carbocycles. The van der Waals surface area contributed by atoms with Crippen molar-refractivity contribution in [1.29, 1.82) is 0 Å². The fourth-order valence-corrected chi connectivity index (χ4v) is 3.70. The predicted molar refractivity (Wildman–Crippen MR) is 112 cm³/mol. The molecule has 2 aromatic carbocycles. The molecule has 1 heterocycles. The number of carbonyl (C=O) groups is 1. The van der Waals surface area contributed by atoms with Crippen LogP contribution in [-0.4, -0.2) is 49.0 Å². The van der Waals surface area contributed by atoms with Crippen LogP contribution in [0.5, 0.6) is 5.75 Å². The third kappa shape index (κ3) is 4.49. The van der Waals surface area contributed by atoms with Gasteiger partial charge in [-0.2, -0.15) is 0 Å². The Labute approximate surface area is 171 Å². The molecule has 7 nitrogen and oxygen atoms in total. The zero-order valence-corrected chi connectivity index (χ0v) is 17.1. The molecule has 1 aliphatic heterocycles. The van der Waals surface area contributed by atoms with Crippen molar-refractivity contribution in [3.63, 3.8) is 0 Å². The van der Waals surface area contributed by atoms with Gasteiger partial charge in [-0.3, -0.25) is 14.9 Å². The molecule has 2 aromatic rings. The summed E-state index contributed by atoms with van der Waals surface area (Å²) >= 11 is 2.05. The number of anilines is 1. The van der Waals surface area contributed by atoms with Crippen molar-refractivity contribution in [2.45, 2.75) is 6.42 Å². The van der Waals surface area contributed by atoms with E-state index in [0.717, 1.165) is 28.0 Å². The van der Waals surface area contributed by atoms with E-state index in [-0.39, 0.29) is 11.6 Å². The first-order valence-corrected chi connectivity index (χ1v) is 9.69. The van der Waals surface area contributed by atoms with Gasteiger partial charge in [-0.05, 0) is 59.3 Å². The number of nitrogens with zero attached hydrogens (tertiary/aromatic N) is 3. The van der Waals surface area contributed by atoms with Gasteiger partial charge in [0.15, 0.2) is 0 Å². The largest absolute Gasteiger partial charge is 0.497 e. The normalized spacial score (nSPS) is 14.6. The Morgan fingerprint density at radius 3 is 2.52 bits per heavy atom. The average Bonchev–Trinajstić information content (AvgIpc) is 2.94. The van der Waals surface area contributed by atoms with Crippen molar-refractivity contribution in [1.82, 2.24) is 4.90 Å². The maximum atomic E-state index is 12.9. The smallest absolute Gasteiger partial charge is 0.270 e. The summed E-state index contributed by atoms with van der Waals surface area (Å²) in [4.78, 5) is 27.5. The zero-order chi connectivity index (χ0) is 19.4. The first kappa shape index (κ1) is 19.4. The van der Waals surface area contributed by atoms with Gasteiger partial charge in [-0.25, -0.2) is 0 Å². The molecular formula is C19H20IN3O4. The maximum absolute atomic E-state index is 12.9. The number of nitro benzene ring substituents is 1. The maximum Gasteiger partial charge on any atom is 0.270 e. The molecule has 0 atom stereocenters. The lowest BCUT2D eigenvalue weighted by Gasteiger charge is -2.24. The monoisotopic (exact) mass is 481 g/mol. The van der Waals surface area contributed by atoms with Crippen molar-refractivity contribution < 1.29 is 14.5 Å². The highest BCUT2D eigenvalue weighted by Crippen LogP contribution is 2.23. The van der Waals surface area contributed by atoms with E-state index < -0.39 is 4.92 Å². The molecule has 0 aromatic heterocycles. The lowest BCUT2D eigenvalue weighted by molar-refractivity contribution is -0.384. The molecule has 27 heavy (non-hydrogen) atoms. The van der Waals surface area contributed by atoms with Crippen molar-refractivity contribution in [2.24, 2.45) is 0 Å². The van der Waals surface area contributed by atoms with Crippen molar-refractivity contribution in [3.05, 3.63) is 61.7 Å². The molecule has 0 spiro atoms. The number of carbonyl (C=O) groups excluding carboxylic acids is 1. The molecule has 0 radical (unpaired) electrons. The molecule has 8 heteroatoms. The van der Waals surface area contributed by atoms with Crippen LogP contribution in [0.2, 0.25) is 0 Å². The predicted octanol–water partition coefficient (Wildman–Crippen LogP) is 3.56. The lowest BCUT2D eigenvalue weighted by atomic mass is 10.1. The SMILES string of the molecule is COc1ccc(N2CCCN(C(=O)c3cc([N+](=O)[O-])ccc3I)CC2)cc1. The summed E-state index contributed by atoms with van der Waals surface area (Å²) in [5, 5.41) is 11.0. The number of methoxy groups -OCH3 is 1. The van der Waals surface area contributed by atoms with E-state index in [4.69, 9.17) is 4.74 Å². The van der Waals surface area contributed by atoms with Crippen LogP contribution in [0.3, 0.4) is 0 Å². The first-order chi connectivity index (χ1) is 13.0. The van der Waals surface area contributed by atoms with E-state index in [2.05, 4.69) is 4.90 Å². The highest BCUT2D eigenvalue weighted by molar-refractivity contribution is 14.1. The highest BCUT2D eigenvalue weighted by atomic mass is 127. The summed E-state index contributed by atoms with van der Waals surface area (Å²) < 4.78 is 5.92. The molecule has 1 fully saturated rings. The Hall–Kier alpha value is -2.36. The zero-order valence-electron chi connectivity index (χ0n) is 14.9. The fraction of sp³-hybridized carbons (Fsp3) is 0.316. The van der Waals surface area contributed by atoms with E-state index in [1.807, 2.05) is 46.9 Å². The Kier molecular flexibility index (Phi) is 6.15. The van der Waals surface area contributed by atoms with Gasteiger partial charge in [-0.15, -0.1) is 0 Å². The van der Waals surface area contributed by atoms with Crippen molar-refractivity contribution in [3.8, 4) is 5.75 Å². The second kappa shape index (κ2) is 8.55. The lowest BCUT2D eigenvalue weighted by Crippen LogP contribution is -2.35. The second-order valence-electron chi connectivity index (χ2n) is 6.25. The number of benzene rings is 2. The van der Waals surface area contributed by atoms with Crippen LogP contribution in [0.15, 0.2) is 42.5 Å². The molecule has 0 bridgehead atoms. The van der Waals surface area contributed by atoms with Crippen LogP contribution in [-0.2, 0) is 0 Å². The third-order valence-corrected chi connectivity index (χ3v) is 5.55. The first-order valence-electron chi connectivity index (χ1n) is 8.62. The minimum absolute atomic E-state index is 0.0616. The summed E-state index contributed by atoms with van der Waals surface area (Å²) in [6, 6.07) is 12.3. The minimum Gasteiger partial charge on any atom is -0.497 e. The van der Waals surface area contributed by atoms with Gasteiger partial charge in [0.1, 0.15) is 5.75 Å². The molecule has 1 aliphatic rings. The number of non-ortho nitro benzene ring substituents is 1. The molecule has 1 saturated heterocycles. The van der Waals surface area contributed by atoms with Crippen LogP contribution in [0, 0.1) is 13.7 Å². The Morgan fingerprint density at radius 1 is 1.11 bits per heavy atom. The van der Waals surface area contributed by atoms with Crippen LogP contribution < -0.4 is 9.64 Å². The Bertz CT molecular complexity index is 841. The molecular weight excluding hydrogens is 461 g/mol. The summed E-state index contributed by atoms with van der Waals surface area (Å²) in [5.41, 5.74) is 1.42. The second-order valence-corrected chi connectivity index (χ2v) is 7.41. The number of hydrogen-bond donors (Lipinski definition) is 0. The molecule has 0 unspecified atom stereocenters. The summed E-state index contributed by atoms with van der Waals surface area (Å²) in [6.07, 6.45) is 0.837. The third-order valence-electron chi connectivity index (χ3n) is 4.61. The quantitative estimate of drug-likeness (QED) is 0.379. The van der Waals surface area contributed by atoms with Crippen LogP contribution in [0.25, 0.3) is 0 Å². The fourth-order valence-electron chi connectivity index (χ4n) is 3.13. The number of rotatable bonds is 4. The topological polar surface area (TPSA) is 75.9 Å². The van der Waals surface area contributed by atoms with E-state index in [0.29, 0.717) is 25.2 Å². The van der Waals surface area contributed by atoms with E-state index in [1.54, 1.807) is 18.1 Å². The van der Waals surface area contributed by atoms with E-state index in [9.17, 15) is 14.9 Å². The summed E-state index contributed by atoms with van der Waals surface area (Å²) in [5.74, 6) is 0.658. The van der Waals surface area contributed by atoms with Gasteiger partial charge in [0, 0.05) is 47.6 Å². The number of ether oxygens (including phenoxy) is 1. The minimum atomic E-state index is -0.472. The summed E-state index contributed by atoms with van der Waals surface area (Å²) in [7, 11) is 1.64. The van der Waals surface area contributed by atoms with Gasteiger partial charge < -0.3 is 14.5 Å². The standard InChI is InChI=1S/C19H20IN3O4/c1-27-16-6-3-14(4-7-16)21-9-2-10-22(12-11-21)19(24)17-13-15(23(25)26)5-8-18(17)20/h3-8,13H,2,9-12H2,1H3. The molecule has 0 aliphatic carbocycles.